The number of nitrogens with zero attached hydrogens (tertiary/aromatic N) is 1. The minimum atomic E-state index is -0.545. The maximum absolute atomic E-state index is 12.3. The monoisotopic (exact) mass is 476 g/mol. The molecule has 0 spiro atoms. The molecule has 1 amide bonds. The van der Waals surface area contributed by atoms with Gasteiger partial charge in [0.25, 0.3) is 11.6 Å². The molecule has 0 saturated heterocycles. The van der Waals surface area contributed by atoms with E-state index in [1.54, 1.807) is 18.2 Å². The van der Waals surface area contributed by atoms with E-state index in [4.69, 9.17) is 0 Å². The molecule has 0 aliphatic carbocycles. The van der Waals surface area contributed by atoms with Gasteiger partial charge in [-0.3, -0.25) is 14.9 Å². The summed E-state index contributed by atoms with van der Waals surface area (Å²) in [6, 6.07) is 9.60. The molecular weight excluding hydrogens is 472 g/mol. The van der Waals surface area contributed by atoms with E-state index in [2.05, 4.69) is 53.1 Å². The maximum atomic E-state index is 12.3. The first kappa shape index (κ1) is 16.1. The van der Waals surface area contributed by atoms with E-state index in [0.29, 0.717) is 10.2 Å². The van der Waals surface area contributed by atoms with E-state index in [0.717, 1.165) is 4.47 Å². The summed E-state index contributed by atoms with van der Waals surface area (Å²) in [5, 5.41) is 13.6. The molecule has 5 nitrogen and oxygen atoms in total. The van der Waals surface area contributed by atoms with Crippen LogP contribution < -0.4 is 5.32 Å². The lowest BCUT2D eigenvalue weighted by molar-refractivity contribution is -0.385. The molecular formula is C13H7Br3N2O3. The SMILES string of the molecule is O=C(Nc1ccc(Br)cc1Br)c1cccc([N+](=O)[O-])c1Br. The van der Waals surface area contributed by atoms with E-state index in [9.17, 15) is 14.9 Å². The van der Waals surface area contributed by atoms with E-state index in [1.807, 2.05) is 0 Å². The van der Waals surface area contributed by atoms with Crippen molar-refractivity contribution in [3.8, 4) is 0 Å². The first-order valence-corrected chi connectivity index (χ1v) is 7.97. The lowest BCUT2D eigenvalue weighted by atomic mass is 10.2. The highest BCUT2D eigenvalue weighted by Crippen LogP contribution is 2.30. The Morgan fingerprint density at radius 3 is 2.48 bits per heavy atom. The molecule has 0 heterocycles. The highest BCUT2D eigenvalue weighted by Gasteiger charge is 2.19. The molecule has 0 aliphatic heterocycles. The Morgan fingerprint density at radius 2 is 1.86 bits per heavy atom. The summed E-state index contributed by atoms with van der Waals surface area (Å²) >= 11 is 9.76. The zero-order valence-electron chi connectivity index (χ0n) is 10.3. The van der Waals surface area contributed by atoms with Gasteiger partial charge in [0.15, 0.2) is 0 Å². The Hall–Kier alpha value is -1.25. The van der Waals surface area contributed by atoms with Crippen molar-refractivity contribution >= 4 is 65.1 Å². The van der Waals surface area contributed by atoms with Crippen LogP contribution in [0, 0.1) is 10.1 Å². The third-order valence-electron chi connectivity index (χ3n) is 2.60. The van der Waals surface area contributed by atoms with Crippen LogP contribution in [0.4, 0.5) is 11.4 Å². The molecule has 0 saturated carbocycles. The van der Waals surface area contributed by atoms with Crippen molar-refractivity contribution in [1.82, 2.24) is 0 Å². The summed E-state index contributed by atoms with van der Waals surface area (Å²) in [4.78, 5) is 22.6. The molecule has 0 fully saturated rings. The zero-order valence-corrected chi connectivity index (χ0v) is 15.0. The van der Waals surface area contributed by atoms with Crippen LogP contribution in [-0.4, -0.2) is 10.8 Å². The van der Waals surface area contributed by atoms with Crippen molar-refractivity contribution in [3.05, 3.63) is 65.5 Å². The lowest BCUT2D eigenvalue weighted by Crippen LogP contribution is -2.13. The molecule has 0 aromatic heterocycles. The summed E-state index contributed by atoms with van der Waals surface area (Å²) in [6.07, 6.45) is 0. The lowest BCUT2D eigenvalue weighted by Gasteiger charge is -2.09. The van der Waals surface area contributed by atoms with Gasteiger partial charge in [-0.15, -0.1) is 0 Å². The van der Waals surface area contributed by atoms with Crippen LogP contribution in [0.15, 0.2) is 49.8 Å². The summed E-state index contributed by atoms with van der Waals surface area (Å²) in [5.74, 6) is -0.436. The van der Waals surface area contributed by atoms with Crippen molar-refractivity contribution in [3.63, 3.8) is 0 Å². The van der Waals surface area contributed by atoms with Crippen LogP contribution in [0.25, 0.3) is 0 Å². The van der Waals surface area contributed by atoms with Crippen LogP contribution in [0.5, 0.6) is 0 Å². The highest BCUT2D eigenvalue weighted by atomic mass is 79.9. The second kappa shape index (κ2) is 6.67. The molecule has 0 bridgehead atoms. The van der Waals surface area contributed by atoms with Crippen LogP contribution in [0.2, 0.25) is 0 Å². The van der Waals surface area contributed by atoms with Gasteiger partial charge in [0.05, 0.1) is 16.2 Å². The van der Waals surface area contributed by atoms with Gasteiger partial charge in [0.2, 0.25) is 0 Å². The number of nitro benzene ring substituents is 1. The van der Waals surface area contributed by atoms with Crippen molar-refractivity contribution in [2.75, 3.05) is 5.32 Å². The third-order valence-corrected chi connectivity index (χ3v) is 4.58. The minimum absolute atomic E-state index is 0.153. The molecule has 0 radical (unpaired) electrons. The Balaban J connectivity index is 2.33. The number of benzene rings is 2. The first-order valence-electron chi connectivity index (χ1n) is 5.59. The first-order chi connectivity index (χ1) is 9.90. The quantitative estimate of drug-likeness (QED) is 0.490. The van der Waals surface area contributed by atoms with Crippen LogP contribution >= 0.6 is 47.8 Å². The number of hydrogen-bond acceptors (Lipinski definition) is 3. The van der Waals surface area contributed by atoms with Gasteiger partial charge in [-0.2, -0.15) is 0 Å². The number of nitrogens with one attached hydrogen (secondary N) is 1. The maximum Gasteiger partial charge on any atom is 0.284 e. The van der Waals surface area contributed by atoms with Crippen molar-refractivity contribution in [2.24, 2.45) is 0 Å². The predicted octanol–water partition coefficient (Wildman–Crippen LogP) is 5.13. The second-order valence-electron chi connectivity index (χ2n) is 3.97. The Morgan fingerprint density at radius 1 is 1.14 bits per heavy atom. The van der Waals surface area contributed by atoms with Crippen molar-refractivity contribution in [2.45, 2.75) is 0 Å². The van der Waals surface area contributed by atoms with Crippen molar-refractivity contribution in [1.29, 1.82) is 0 Å². The summed E-state index contributed by atoms with van der Waals surface area (Å²) < 4.78 is 1.72. The van der Waals surface area contributed by atoms with Crippen LogP contribution in [0.3, 0.4) is 0 Å². The fourth-order valence-corrected chi connectivity index (χ4v) is 3.35. The molecule has 8 heteroatoms. The molecule has 108 valence electrons. The largest absolute Gasteiger partial charge is 0.321 e. The molecule has 0 atom stereocenters. The second-order valence-corrected chi connectivity index (χ2v) is 6.54. The van der Waals surface area contributed by atoms with Gasteiger partial charge in [0.1, 0.15) is 4.47 Å². The molecule has 2 aromatic carbocycles. The smallest absolute Gasteiger partial charge is 0.284 e. The third kappa shape index (κ3) is 3.69. The molecule has 21 heavy (non-hydrogen) atoms. The van der Waals surface area contributed by atoms with Gasteiger partial charge in [-0.05, 0) is 56.1 Å². The zero-order chi connectivity index (χ0) is 15.6. The predicted molar refractivity (Wildman–Crippen MR) is 90.6 cm³/mol. The average molecular weight is 479 g/mol. The number of rotatable bonds is 3. The van der Waals surface area contributed by atoms with Crippen LogP contribution in [-0.2, 0) is 0 Å². The number of anilines is 1. The number of nitro groups is 1. The normalized spacial score (nSPS) is 10.2. The van der Waals surface area contributed by atoms with Crippen LogP contribution in [0.1, 0.15) is 10.4 Å². The number of halogens is 3. The molecule has 2 aromatic rings. The van der Waals surface area contributed by atoms with Gasteiger partial charge in [-0.1, -0.05) is 22.0 Å². The number of carbonyl (C=O) groups is 1. The molecule has 1 N–H and O–H groups in total. The molecule has 0 aliphatic rings. The Kier molecular flexibility index (Phi) is 5.13. The minimum Gasteiger partial charge on any atom is -0.321 e. The van der Waals surface area contributed by atoms with E-state index in [1.165, 1.54) is 18.2 Å². The molecule has 2 rings (SSSR count). The summed E-state index contributed by atoms with van der Waals surface area (Å²) in [6.45, 7) is 0. The highest BCUT2D eigenvalue weighted by molar-refractivity contribution is 9.11. The standard InChI is InChI=1S/C13H7Br3N2O3/c14-7-4-5-10(9(15)6-7)17-13(19)8-2-1-3-11(12(8)16)18(20)21/h1-6H,(H,17,19). The fraction of sp³-hybridized carbons (Fsp3) is 0. The van der Waals surface area contributed by atoms with Gasteiger partial charge < -0.3 is 5.32 Å². The Bertz CT molecular complexity index is 735. The van der Waals surface area contributed by atoms with E-state index in [-0.39, 0.29) is 15.7 Å². The summed E-state index contributed by atoms with van der Waals surface area (Å²) in [7, 11) is 0. The fourth-order valence-electron chi connectivity index (χ4n) is 1.62. The van der Waals surface area contributed by atoms with Gasteiger partial charge in [-0.25, -0.2) is 0 Å². The summed E-state index contributed by atoms with van der Waals surface area (Å²) in [5.41, 5.74) is 0.609. The average Bonchev–Trinajstić information content (AvgIpc) is 2.41. The van der Waals surface area contributed by atoms with Gasteiger partial charge in [0, 0.05) is 15.0 Å². The molecule has 0 unspecified atom stereocenters. The number of hydrogen-bond donors (Lipinski definition) is 1. The topological polar surface area (TPSA) is 72.2 Å². The Labute approximate surface area is 145 Å². The number of carbonyl (C=O) groups excluding carboxylic acids is 1. The van der Waals surface area contributed by atoms with E-state index < -0.39 is 10.8 Å². The van der Waals surface area contributed by atoms with E-state index >= 15 is 0 Å². The van der Waals surface area contributed by atoms with Crippen molar-refractivity contribution < 1.29 is 9.72 Å². The number of amides is 1. The van der Waals surface area contributed by atoms with Gasteiger partial charge >= 0.3 is 0 Å².